The Morgan fingerprint density at radius 3 is 1.90 bits per heavy atom. The third-order valence-electron chi connectivity index (χ3n) is 1.08. The lowest BCUT2D eigenvalue weighted by Gasteiger charge is -1.97. The van der Waals surface area contributed by atoms with Crippen LogP contribution in [0.25, 0.3) is 0 Å². The largest absolute Gasteiger partial charge is 0.481 e. The van der Waals surface area contributed by atoms with Crippen LogP contribution in [-0.4, -0.2) is 11.1 Å². The molecule has 10 heavy (non-hydrogen) atoms. The molecular weight excluding hydrogens is 128 g/mol. The highest BCUT2D eigenvalue weighted by Gasteiger charge is 2.07. The fourth-order valence-corrected chi connectivity index (χ4v) is 0.643. The summed E-state index contributed by atoms with van der Waals surface area (Å²) in [4.78, 5) is 10.4. The molecular formula is C8H12O2. The minimum atomic E-state index is -0.809. The Morgan fingerprint density at radius 2 is 1.70 bits per heavy atom. The number of hydrogen-bond acceptors (Lipinski definition) is 1. The van der Waals surface area contributed by atoms with Crippen molar-refractivity contribution >= 4 is 5.97 Å². The van der Waals surface area contributed by atoms with Gasteiger partial charge in [-0.15, -0.1) is 0 Å². The number of hydrogen-bond donors (Lipinski definition) is 1. The average Bonchev–Trinajstić information content (AvgIpc) is 1.87. The molecule has 0 aromatic heterocycles. The molecule has 0 amide bonds. The first kappa shape index (κ1) is 8.95. The summed E-state index contributed by atoms with van der Waals surface area (Å²) in [6.45, 7) is 3.61. The molecule has 1 N–H and O–H groups in total. The number of carbonyl (C=O) groups is 1. The van der Waals surface area contributed by atoms with E-state index in [0.29, 0.717) is 0 Å². The molecule has 0 aliphatic heterocycles. The lowest BCUT2D eigenvalue weighted by Crippen LogP contribution is -2.07. The lowest BCUT2D eigenvalue weighted by atomic mass is 10.1. The Kier molecular flexibility index (Phi) is 4.29. The molecule has 0 spiro atoms. The molecule has 0 aromatic carbocycles. The number of rotatable bonds is 3. The molecule has 0 unspecified atom stereocenters. The number of carboxylic acids is 1. The van der Waals surface area contributed by atoms with Gasteiger partial charge in [0.05, 0.1) is 5.92 Å². The Balaban J connectivity index is 4.11. The summed E-state index contributed by atoms with van der Waals surface area (Å²) in [6, 6.07) is 0. The fraction of sp³-hybridized carbons (Fsp3) is 0.375. The van der Waals surface area contributed by atoms with E-state index in [1.165, 1.54) is 0 Å². The molecule has 0 rings (SSSR count). The van der Waals surface area contributed by atoms with Gasteiger partial charge in [-0.3, -0.25) is 4.79 Å². The third-order valence-corrected chi connectivity index (χ3v) is 1.08. The van der Waals surface area contributed by atoms with Crippen molar-refractivity contribution in [2.45, 2.75) is 13.8 Å². The highest BCUT2D eigenvalue weighted by atomic mass is 16.4. The molecule has 0 heterocycles. The van der Waals surface area contributed by atoms with E-state index in [2.05, 4.69) is 0 Å². The van der Waals surface area contributed by atoms with E-state index in [1.54, 1.807) is 38.2 Å². The monoisotopic (exact) mass is 140 g/mol. The van der Waals surface area contributed by atoms with Crippen LogP contribution in [0, 0.1) is 5.92 Å². The van der Waals surface area contributed by atoms with Crippen molar-refractivity contribution < 1.29 is 9.90 Å². The summed E-state index contributed by atoms with van der Waals surface area (Å²) in [6.07, 6.45) is 6.75. The molecule has 0 bridgehead atoms. The Labute approximate surface area is 60.9 Å². The highest BCUT2D eigenvalue weighted by molar-refractivity contribution is 5.74. The summed E-state index contributed by atoms with van der Waals surface area (Å²) in [5, 5.41) is 8.53. The Bertz CT molecular complexity index is 145. The van der Waals surface area contributed by atoms with Gasteiger partial charge in [-0.2, -0.15) is 0 Å². The molecule has 2 nitrogen and oxygen atoms in total. The third kappa shape index (κ3) is 3.07. The van der Waals surface area contributed by atoms with E-state index in [-0.39, 0.29) is 0 Å². The predicted octanol–water partition coefficient (Wildman–Crippen LogP) is 1.84. The van der Waals surface area contributed by atoms with Gasteiger partial charge in [0.15, 0.2) is 0 Å². The normalized spacial score (nSPS) is 11.9. The predicted molar refractivity (Wildman–Crippen MR) is 40.8 cm³/mol. The van der Waals surface area contributed by atoms with E-state index in [9.17, 15) is 4.79 Å². The summed E-state index contributed by atoms with van der Waals surface area (Å²) in [7, 11) is 0. The molecule has 0 saturated carbocycles. The van der Waals surface area contributed by atoms with E-state index in [4.69, 9.17) is 5.11 Å². The SMILES string of the molecule is C/C=C\C(/C=C\C)C(=O)O. The maximum Gasteiger partial charge on any atom is 0.314 e. The molecule has 0 aliphatic carbocycles. The first-order chi connectivity index (χ1) is 4.72. The Morgan fingerprint density at radius 1 is 1.30 bits per heavy atom. The van der Waals surface area contributed by atoms with Crippen LogP contribution < -0.4 is 0 Å². The van der Waals surface area contributed by atoms with Crippen molar-refractivity contribution in [3.8, 4) is 0 Å². The number of carboxylic acid groups (broad SMARTS) is 1. The van der Waals surface area contributed by atoms with Crippen molar-refractivity contribution in [3.63, 3.8) is 0 Å². The van der Waals surface area contributed by atoms with Crippen molar-refractivity contribution in [2.24, 2.45) is 5.92 Å². The van der Waals surface area contributed by atoms with E-state index in [0.717, 1.165) is 0 Å². The van der Waals surface area contributed by atoms with Crippen molar-refractivity contribution in [1.29, 1.82) is 0 Å². The molecule has 0 aromatic rings. The van der Waals surface area contributed by atoms with Crippen LogP contribution in [0.2, 0.25) is 0 Å². The minimum absolute atomic E-state index is 0.463. The minimum Gasteiger partial charge on any atom is -0.481 e. The van der Waals surface area contributed by atoms with Gasteiger partial charge >= 0.3 is 5.97 Å². The van der Waals surface area contributed by atoms with Crippen LogP contribution in [0.3, 0.4) is 0 Å². The Hall–Kier alpha value is -1.05. The maximum atomic E-state index is 10.4. The summed E-state index contributed by atoms with van der Waals surface area (Å²) in [5.74, 6) is -1.27. The van der Waals surface area contributed by atoms with Gasteiger partial charge in [0, 0.05) is 0 Å². The van der Waals surface area contributed by atoms with Crippen LogP contribution >= 0.6 is 0 Å². The van der Waals surface area contributed by atoms with Crippen LogP contribution in [0.5, 0.6) is 0 Å². The maximum absolute atomic E-state index is 10.4. The fourth-order valence-electron chi connectivity index (χ4n) is 0.643. The molecule has 0 atom stereocenters. The zero-order valence-electron chi connectivity index (χ0n) is 6.24. The van der Waals surface area contributed by atoms with Crippen LogP contribution in [0.1, 0.15) is 13.8 Å². The highest BCUT2D eigenvalue weighted by Crippen LogP contribution is 2.00. The van der Waals surface area contributed by atoms with Crippen LogP contribution in [-0.2, 0) is 4.79 Å². The molecule has 0 saturated heterocycles. The zero-order chi connectivity index (χ0) is 7.98. The van der Waals surface area contributed by atoms with Crippen molar-refractivity contribution in [3.05, 3.63) is 24.3 Å². The zero-order valence-corrected chi connectivity index (χ0v) is 6.24. The molecule has 0 aliphatic rings. The summed E-state index contributed by atoms with van der Waals surface area (Å²) < 4.78 is 0. The van der Waals surface area contributed by atoms with Gasteiger partial charge in [-0.25, -0.2) is 0 Å². The first-order valence-corrected chi connectivity index (χ1v) is 3.20. The van der Waals surface area contributed by atoms with Gasteiger partial charge in [0.1, 0.15) is 0 Å². The summed E-state index contributed by atoms with van der Waals surface area (Å²) in [5.41, 5.74) is 0. The molecule has 0 radical (unpaired) electrons. The quantitative estimate of drug-likeness (QED) is 0.607. The van der Waals surface area contributed by atoms with E-state index in [1.807, 2.05) is 0 Å². The number of allylic oxidation sites excluding steroid dienone is 2. The van der Waals surface area contributed by atoms with Gasteiger partial charge in [0.2, 0.25) is 0 Å². The molecule has 56 valence electrons. The van der Waals surface area contributed by atoms with Gasteiger partial charge < -0.3 is 5.11 Å². The second-order valence-corrected chi connectivity index (χ2v) is 1.92. The average molecular weight is 140 g/mol. The van der Waals surface area contributed by atoms with Crippen molar-refractivity contribution in [1.82, 2.24) is 0 Å². The second-order valence-electron chi connectivity index (χ2n) is 1.92. The first-order valence-electron chi connectivity index (χ1n) is 3.20. The van der Waals surface area contributed by atoms with Crippen molar-refractivity contribution in [2.75, 3.05) is 0 Å². The van der Waals surface area contributed by atoms with Crippen LogP contribution in [0.15, 0.2) is 24.3 Å². The topological polar surface area (TPSA) is 37.3 Å². The second kappa shape index (κ2) is 4.79. The van der Waals surface area contributed by atoms with E-state index < -0.39 is 11.9 Å². The molecule has 2 heteroatoms. The lowest BCUT2D eigenvalue weighted by molar-refractivity contribution is -0.138. The number of aliphatic carboxylic acids is 1. The van der Waals surface area contributed by atoms with Crippen LogP contribution in [0.4, 0.5) is 0 Å². The van der Waals surface area contributed by atoms with Gasteiger partial charge in [-0.05, 0) is 13.8 Å². The standard InChI is InChI=1S/C8H12O2/c1-3-5-7(6-4-2)8(9)10/h3-7H,1-2H3,(H,9,10)/b5-3-,6-4-. The van der Waals surface area contributed by atoms with Gasteiger partial charge in [-0.1, -0.05) is 24.3 Å². The van der Waals surface area contributed by atoms with Gasteiger partial charge in [0.25, 0.3) is 0 Å². The molecule has 0 fully saturated rings. The smallest absolute Gasteiger partial charge is 0.314 e. The summed E-state index contributed by atoms with van der Waals surface area (Å²) >= 11 is 0. The van der Waals surface area contributed by atoms with E-state index >= 15 is 0 Å².